The Labute approximate surface area is 94.6 Å². The van der Waals surface area contributed by atoms with E-state index in [-0.39, 0.29) is 11.5 Å². The van der Waals surface area contributed by atoms with Gasteiger partial charge in [-0.25, -0.2) is 0 Å². The first kappa shape index (κ1) is 10.6. The van der Waals surface area contributed by atoms with Crippen LogP contribution in [0.15, 0.2) is 30.3 Å². The Balaban J connectivity index is 2.39. The summed E-state index contributed by atoms with van der Waals surface area (Å²) in [6.45, 7) is 4.25. The van der Waals surface area contributed by atoms with Gasteiger partial charge in [-0.05, 0) is 19.4 Å². The predicted molar refractivity (Wildman–Crippen MR) is 62.8 cm³/mol. The van der Waals surface area contributed by atoms with E-state index in [1.54, 1.807) is 13.8 Å². The first-order valence-electron chi connectivity index (χ1n) is 5.22. The molecule has 0 aliphatic heterocycles. The van der Waals surface area contributed by atoms with Crippen molar-refractivity contribution in [1.82, 2.24) is 4.57 Å². The van der Waals surface area contributed by atoms with Crippen molar-refractivity contribution < 1.29 is 10.2 Å². The van der Waals surface area contributed by atoms with E-state index in [0.717, 1.165) is 5.56 Å². The summed E-state index contributed by atoms with van der Waals surface area (Å²) in [4.78, 5) is 0. The van der Waals surface area contributed by atoms with Crippen LogP contribution in [0.5, 0.6) is 11.5 Å². The van der Waals surface area contributed by atoms with Gasteiger partial charge in [-0.1, -0.05) is 30.3 Å². The standard InChI is InChI=1S/C13H15NO2/c1-9-12(15)13(16)10(2)14(9)8-11-6-4-3-5-7-11/h3-7,15-16H,8H2,1-2H3. The SMILES string of the molecule is Cc1c(O)c(O)c(C)n1Cc1ccccc1. The maximum absolute atomic E-state index is 9.62. The molecule has 3 heteroatoms. The summed E-state index contributed by atoms with van der Waals surface area (Å²) in [6.07, 6.45) is 0. The fourth-order valence-corrected chi connectivity index (χ4v) is 1.85. The van der Waals surface area contributed by atoms with Gasteiger partial charge in [-0.15, -0.1) is 0 Å². The average Bonchev–Trinajstić information content (AvgIpc) is 2.48. The van der Waals surface area contributed by atoms with Crippen molar-refractivity contribution in [2.24, 2.45) is 0 Å². The van der Waals surface area contributed by atoms with E-state index in [9.17, 15) is 10.2 Å². The number of rotatable bonds is 2. The van der Waals surface area contributed by atoms with Crippen LogP contribution in [0.3, 0.4) is 0 Å². The van der Waals surface area contributed by atoms with Crippen LogP contribution in [0.1, 0.15) is 17.0 Å². The summed E-state index contributed by atoms with van der Waals surface area (Å²) in [6, 6.07) is 9.96. The van der Waals surface area contributed by atoms with Gasteiger partial charge in [-0.3, -0.25) is 0 Å². The summed E-state index contributed by atoms with van der Waals surface area (Å²) in [7, 11) is 0. The minimum Gasteiger partial charge on any atom is -0.503 e. The molecule has 0 atom stereocenters. The van der Waals surface area contributed by atoms with Crippen LogP contribution in [0.25, 0.3) is 0 Å². The molecular weight excluding hydrogens is 202 g/mol. The molecule has 0 aliphatic rings. The molecule has 2 N–H and O–H groups in total. The highest BCUT2D eigenvalue weighted by Gasteiger charge is 2.15. The highest BCUT2D eigenvalue weighted by Crippen LogP contribution is 2.35. The van der Waals surface area contributed by atoms with Crippen LogP contribution >= 0.6 is 0 Å². The van der Waals surface area contributed by atoms with Crippen molar-refractivity contribution in [2.45, 2.75) is 20.4 Å². The maximum Gasteiger partial charge on any atom is 0.178 e. The molecule has 1 heterocycles. The topological polar surface area (TPSA) is 45.4 Å². The lowest BCUT2D eigenvalue weighted by Crippen LogP contribution is -2.03. The van der Waals surface area contributed by atoms with Crippen LogP contribution in [-0.4, -0.2) is 14.8 Å². The second kappa shape index (κ2) is 3.93. The average molecular weight is 217 g/mol. The third-order valence-electron chi connectivity index (χ3n) is 2.90. The van der Waals surface area contributed by atoms with Gasteiger partial charge >= 0.3 is 0 Å². The number of aromatic hydroxyl groups is 2. The Morgan fingerprint density at radius 3 is 1.94 bits per heavy atom. The van der Waals surface area contributed by atoms with E-state index >= 15 is 0 Å². The van der Waals surface area contributed by atoms with E-state index < -0.39 is 0 Å². The molecular formula is C13H15NO2. The minimum absolute atomic E-state index is 0.0200. The second-order valence-corrected chi connectivity index (χ2v) is 3.94. The molecule has 84 valence electrons. The lowest BCUT2D eigenvalue weighted by atomic mass is 10.2. The number of hydrogen-bond donors (Lipinski definition) is 2. The lowest BCUT2D eigenvalue weighted by Gasteiger charge is -2.08. The largest absolute Gasteiger partial charge is 0.503 e. The smallest absolute Gasteiger partial charge is 0.178 e. The highest BCUT2D eigenvalue weighted by molar-refractivity contribution is 5.47. The van der Waals surface area contributed by atoms with Gasteiger partial charge in [-0.2, -0.15) is 0 Å². The minimum atomic E-state index is -0.0200. The zero-order valence-electron chi connectivity index (χ0n) is 9.44. The molecule has 0 saturated heterocycles. The van der Waals surface area contributed by atoms with E-state index in [0.29, 0.717) is 17.9 Å². The second-order valence-electron chi connectivity index (χ2n) is 3.94. The van der Waals surface area contributed by atoms with Gasteiger partial charge in [0, 0.05) is 6.54 Å². The molecule has 2 aromatic rings. The molecule has 0 bridgehead atoms. The van der Waals surface area contributed by atoms with Crippen LogP contribution in [0.2, 0.25) is 0 Å². The van der Waals surface area contributed by atoms with Gasteiger partial charge < -0.3 is 14.8 Å². The number of aromatic nitrogens is 1. The van der Waals surface area contributed by atoms with E-state index in [2.05, 4.69) is 0 Å². The molecule has 16 heavy (non-hydrogen) atoms. The molecule has 0 fully saturated rings. The number of hydrogen-bond acceptors (Lipinski definition) is 2. The van der Waals surface area contributed by atoms with Crippen molar-refractivity contribution >= 4 is 0 Å². The zero-order chi connectivity index (χ0) is 11.7. The quantitative estimate of drug-likeness (QED) is 0.812. The summed E-state index contributed by atoms with van der Waals surface area (Å²) in [5.41, 5.74) is 2.53. The van der Waals surface area contributed by atoms with Gasteiger partial charge in [0.05, 0.1) is 11.4 Å². The molecule has 0 amide bonds. The Bertz CT molecular complexity index is 475. The monoisotopic (exact) mass is 217 g/mol. The number of nitrogens with zero attached hydrogens (tertiary/aromatic N) is 1. The molecule has 0 aliphatic carbocycles. The Morgan fingerprint density at radius 2 is 1.44 bits per heavy atom. The van der Waals surface area contributed by atoms with Crippen LogP contribution in [0, 0.1) is 13.8 Å². The predicted octanol–water partition coefficient (Wildman–Crippen LogP) is 2.56. The normalized spacial score (nSPS) is 10.6. The fraction of sp³-hybridized carbons (Fsp3) is 0.231. The zero-order valence-corrected chi connectivity index (χ0v) is 9.44. The van der Waals surface area contributed by atoms with Crippen molar-refractivity contribution in [2.75, 3.05) is 0 Å². The van der Waals surface area contributed by atoms with Gasteiger partial charge in [0.15, 0.2) is 11.5 Å². The first-order chi connectivity index (χ1) is 7.61. The van der Waals surface area contributed by atoms with Crippen LogP contribution in [0.4, 0.5) is 0 Å². The summed E-state index contributed by atoms with van der Waals surface area (Å²) >= 11 is 0. The van der Waals surface area contributed by atoms with Crippen molar-refractivity contribution in [3.63, 3.8) is 0 Å². The Morgan fingerprint density at radius 1 is 0.938 bits per heavy atom. The fourth-order valence-electron chi connectivity index (χ4n) is 1.85. The van der Waals surface area contributed by atoms with E-state index in [1.807, 2.05) is 34.9 Å². The molecule has 1 aromatic heterocycles. The molecule has 1 aromatic carbocycles. The molecule has 2 rings (SSSR count). The lowest BCUT2D eigenvalue weighted by molar-refractivity contribution is 0.403. The third-order valence-corrected chi connectivity index (χ3v) is 2.90. The van der Waals surface area contributed by atoms with Crippen LogP contribution < -0.4 is 0 Å². The first-order valence-corrected chi connectivity index (χ1v) is 5.22. The van der Waals surface area contributed by atoms with Gasteiger partial charge in [0.1, 0.15) is 0 Å². The summed E-state index contributed by atoms with van der Waals surface area (Å²) < 4.78 is 1.90. The van der Waals surface area contributed by atoms with Crippen molar-refractivity contribution in [3.8, 4) is 11.5 Å². The molecule has 0 spiro atoms. The number of benzene rings is 1. The summed E-state index contributed by atoms with van der Waals surface area (Å²) in [5.74, 6) is -0.0399. The molecule has 0 unspecified atom stereocenters. The highest BCUT2D eigenvalue weighted by atomic mass is 16.3. The molecule has 0 radical (unpaired) electrons. The summed E-state index contributed by atoms with van der Waals surface area (Å²) in [5, 5.41) is 19.2. The Kier molecular flexibility index (Phi) is 2.60. The van der Waals surface area contributed by atoms with Crippen molar-refractivity contribution in [1.29, 1.82) is 0 Å². The van der Waals surface area contributed by atoms with Crippen LogP contribution in [-0.2, 0) is 6.54 Å². The maximum atomic E-state index is 9.62. The van der Waals surface area contributed by atoms with Crippen molar-refractivity contribution in [3.05, 3.63) is 47.3 Å². The van der Waals surface area contributed by atoms with Gasteiger partial charge in [0.2, 0.25) is 0 Å². The van der Waals surface area contributed by atoms with Gasteiger partial charge in [0.25, 0.3) is 0 Å². The van der Waals surface area contributed by atoms with E-state index in [1.165, 1.54) is 0 Å². The molecule has 0 saturated carbocycles. The Hall–Kier alpha value is -1.90. The molecule has 3 nitrogen and oxygen atoms in total. The third kappa shape index (κ3) is 1.65. The van der Waals surface area contributed by atoms with E-state index in [4.69, 9.17) is 0 Å².